The van der Waals surface area contributed by atoms with Crippen molar-refractivity contribution < 1.29 is 9.90 Å². The molecule has 0 saturated heterocycles. The Bertz CT molecular complexity index is 357. The van der Waals surface area contributed by atoms with Gasteiger partial charge in [0.1, 0.15) is 0 Å². The first kappa shape index (κ1) is 10.1. The van der Waals surface area contributed by atoms with Crippen LogP contribution < -0.4 is 17.0 Å². The van der Waals surface area contributed by atoms with Crippen LogP contribution in [0.3, 0.4) is 0 Å². The van der Waals surface area contributed by atoms with Crippen LogP contribution in [0.4, 0.5) is 0 Å². The van der Waals surface area contributed by atoms with E-state index < -0.39 is 5.97 Å². The van der Waals surface area contributed by atoms with Crippen LogP contribution >= 0.6 is 0 Å². The van der Waals surface area contributed by atoms with E-state index in [1.807, 2.05) is 0 Å². The predicted molar refractivity (Wildman–Crippen MR) is 52.9 cm³/mol. The van der Waals surface area contributed by atoms with Crippen molar-refractivity contribution in [3.8, 4) is 0 Å². The van der Waals surface area contributed by atoms with E-state index in [-0.39, 0.29) is 5.56 Å². The number of hydrogen-bond acceptors (Lipinski definition) is 4. The molecule has 0 bridgehead atoms. The number of rotatable bonds is 3. The van der Waals surface area contributed by atoms with Gasteiger partial charge in [-0.2, -0.15) is 0 Å². The number of nitrogens with two attached hydrogens (primary N) is 2. The van der Waals surface area contributed by atoms with E-state index in [0.29, 0.717) is 11.3 Å². The molecule has 1 aromatic rings. The number of carboxylic acids is 1. The minimum absolute atomic E-state index is 0.224. The van der Waals surface area contributed by atoms with Crippen LogP contribution in [-0.2, 0) is 0 Å². The van der Waals surface area contributed by atoms with Gasteiger partial charge in [-0.1, -0.05) is 12.1 Å². The molecule has 6 N–H and O–H groups in total. The first-order valence-corrected chi connectivity index (χ1v) is 3.90. The summed E-state index contributed by atoms with van der Waals surface area (Å²) in [7, 11) is 0. The lowest BCUT2D eigenvalue weighted by Gasteiger charge is -2.01. The smallest absolute Gasteiger partial charge is 0.335 e. The van der Waals surface area contributed by atoms with Gasteiger partial charge >= 0.3 is 5.97 Å². The summed E-state index contributed by atoms with van der Waals surface area (Å²) in [5.41, 5.74) is 9.29. The first-order valence-electron chi connectivity index (χ1n) is 3.90. The van der Waals surface area contributed by atoms with Gasteiger partial charge in [0.15, 0.2) is 0 Å². The van der Waals surface area contributed by atoms with Crippen LogP contribution in [0, 0.1) is 0 Å². The fraction of sp³-hybridized carbons (Fsp3) is 0. The van der Waals surface area contributed by atoms with Gasteiger partial charge in [-0.3, -0.25) is 5.84 Å². The highest BCUT2D eigenvalue weighted by Gasteiger charge is 2.02. The highest BCUT2D eigenvalue weighted by atomic mass is 16.4. The van der Waals surface area contributed by atoms with Crippen molar-refractivity contribution in [1.29, 1.82) is 0 Å². The summed E-state index contributed by atoms with van der Waals surface area (Å²) >= 11 is 0. The fourth-order valence-electron chi connectivity index (χ4n) is 0.978. The van der Waals surface area contributed by atoms with Gasteiger partial charge in [-0.05, 0) is 17.7 Å². The molecule has 0 saturated carbocycles. The number of carboxylic acid groups (broad SMARTS) is 1. The van der Waals surface area contributed by atoms with Gasteiger partial charge in [0, 0.05) is 6.20 Å². The molecule has 0 radical (unpaired) electrons. The molecule has 0 aliphatic heterocycles. The molecule has 1 rings (SSSR count). The van der Waals surface area contributed by atoms with E-state index >= 15 is 0 Å². The number of hydrazine groups is 1. The second-order valence-electron chi connectivity index (χ2n) is 2.65. The van der Waals surface area contributed by atoms with Crippen molar-refractivity contribution in [3.05, 3.63) is 41.6 Å². The van der Waals surface area contributed by atoms with Crippen LogP contribution in [0.5, 0.6) is 0 Å². The number of benzene rings is 1. The largest absolute Gasteiger partial charge is 0.478 e. The molecule has 0 heterocycles. The molecular weight excluding hydrogens is 182 g/mol. The standard InChI is InChI=1S/C9H11N3O2/c10-8(5-12-11)6-1-3-7(4-2-6)9(13)14/h1-5,12H,10-11H2,(H,13,14)/b8-5-. The Kier molecular flexibility index (Phi) is 3.09. The zero-order valence-electron chi connectivity index (χ0n) is 7.40. The molecule has 14 heavy (non-hydrogen) atoms. The van der Waals surface area contributed by atoms with Crippen molar-refractivity contribution in [2.45, 2.75) is 0 Å². The zero-order valence-corrected chi connectivity index (χ0v) is 7.40. The second-order valence-corrected chi connectivity index (χ2v) is 2.65. The van der Waals surface area contributed by atoms with E-state index in [0.717, 1.165) is 0 Å². The Morgan fingerprint density at radius 3 is 2.21 bits per heavy atom. The van der Waals surface area contributed by atoms with E-state index in [2.05, 4.69) is 5.43 Å². The molecule has 74 valence electrons. The molecule has 0 spiro atoms. The highest BCUT2D eigenvalue weighted by molar-refractivity contribution is 5.88. The summed E-state index contributed by atoms with van der Waals surface area (Å²) in [6.45, 7) is 0. The molecule has 5 nitrogen and oxygen atoms in total. The molecule has 0 aliphatic carbocycles. The van der Waals surface area contributed by atoms with Gasteiger partial charge in [0.2, 0.25) is 0 Å². The zero-order chi connectivity index (χ0) is 10.6. The third-order valence-corrected chi connectivity index (χ3v) is 1.70. The Morgan fingerprint density at radius 1 is 1.29 bits per heavy atom. The number of hydrogen-bond donors (Lipinski definition) is 4. The van der Waals surface area contributed by atoms with E-state index in [1.165, 1.54) is 18.3 Å². The molecule has 0 amide bonds. The minimum Gasteiger partial charge on any atom is -0.478 e. The van der Waals surface area contributed by atoms with Gasteiger partial charge < -0.3 is 16.3 Å². The minimum atomic E-state index is -0.962. The summed E-state index contributed by atoms with van der Waals surface area (Å²) < 4.78 is 0. The summed E-state index contributed by atoms with van der Waals surface area (Å²) in [6, 6.07) is 6.20. The summed E-state index contributed by atoms with van der Waals surface area (Å²) in [4.78, 5) is 10.5. The van der Waals surface area contributed by atoms with Crippen molar-refractivity contribution in [1.82, 2.24) is 5.43 Å². The van der Waals surface area contributed by atoms with Crippen LogP contribution in [0.1, 0.15) is 15.9 Å². The van der Waals surface area contributed by atoms with Crippen molar-refractivity contribution in [3.63, 3.8) is 0 Å². The molecule has 0 fully saturated rings. The van der Waals surface area contributed by atoms with Gasteiger partial charge in [0.25, 0.3) is 0 Å². The van der Waals surface area contributed by atoms with Gasteiger partial charge in [-0.15, -0.1) is 0 Å². The third kappa shape index (κ3) is 2.24. The maximum atomic E-state index is 10.5. The summed E-state index contributed by atoms with van der Waals surface area (Å²) in [6.07, 6.45) is 1.43. The van der Waals surface area contributed by atoms with Gasteiger partial charge in [0.05, 0.1) is 11.3 Å². The molecule has 0 aromatic heterocycles. The Labute approximate surface area is 81.0 Å². The van der Waals surface area contributed by atoms with Crippen LogP contribution in [0.25, 0.3) is 5.70 Å². The summed E-state index contributed by atoms with van der Waals surface area (Å²) in [5.74, 6) is 4.08. The fourth-order valence-corrected chi connectivity index (χ4v) is 0.978. The molecular formula is C9H11N3O2. The topological polar surface area (TPSA) is 101 Å². The predicted octanol–water partition coefficient (Wildman–Crippen LogP) is 0.105. The van der Waals surface area contributed by atoms with E-state index in [9.17, 15) is 4.79 Å². The number of nitrogens with one attached hydrogen (secondary N) is 1. The van der Waals surface area contributed by atoms with Crippen molar-refractivity contribution >= 4 is 11.7 Å². The first-order chi connectivity index (χ1) is 6.65. The van der Waals surface area contributed by atoms with Crippen molar-refractivity contribution in [2.75, 3.05) is 0 Å². The Hall–Kier alpha value is -2.01. The lowest BCUT2D eigenvalue weighted by Crippen LogP contribution is -2.16. The molecule has 1 aromatic carbocycles. The lowest BCUT2D eigenvalue weighted by molar-refractivity contribution is 0.0697. The quantitative estimate of drug-likeness (QED) is 0.403. The Morgan fingerprint density at radius 2 is 1.79 bits per heavy atom. The lowest BCUT2D eigenvalue weighted by atomic mass is 10.1. The third-order valence-electron chi connectivity index (χ3n) is 1.70. The highest BCUT2D eigenvalue weighted by Crippen LogP contribution is 2.09. The molecule has 0 atom stereocenters. The normalized spacial score (nSPS) is 11.1. The maximum absolute atomic E-state index is 10.5. The second kappa shape index (κ2) is 4.29. The summed E-state index contributed by atoms with van der Waals surface area (Å²) in [5, 5.41) is 8.64. The monoisotopic (exact) mass is 193 g/mol. The van der Waals surface area contributed by atoms with Crippen molar-refractivity contribution in [2.24, 2.45) is 11.6 Å². The maximum Gasteiger partial charge on any atom is 0.335 e. The van der Waals surface area contributed by atoms with E-state index in [1.54, 1.807) is 12.1 Å². The average molecular weight is 193 g/mol. The average Bonchev–Trinajstić information content (AvgIpc) is 2.18. The molecule has 0 aliphatic rings. The number of aromatic carboxylic acids is 1. The van der Waals surface area contributed by atoms with E-state index in [4.69, 9.17) is 16.7 Å². The van der Waals surface area contributed by atoms with Crippen LogP contribution in [-0.4, -0.2) is 11.1 Å². The van der Waals surface area contributed by atoms with Crippen LogP contribution in [0.2, 0.25) is 0 Å². The SMILES string of the molecule is NN/C=C(\N)c1ccc(C(=O)O)cc1. The Balaban J connectivity index is 2.94. The van der Waals surface area contributed by atoms with Crippen LogP contribution in [0.15, 0.2) is 30.5 Å². The number of carbonyl (C=O) groups is 1. The molecule has 5 heteroatoms. The molecule has 0 unspecified atom stereocenters. The van der Waals surface area contributed by atoms with Gasteiger partial charge in [-0.25, -0.2) is 4.79 Å².